The number of rotatable bonds is 5. The lowest BCUT2D eigenvalue weighted by atomic mass is 10.2. The normalized spacial score (nSPS) is 11.8. The van der Waals surface area contributed by atoms with E-state index in [2.05, 4.69) is 11.9 Å². The minimum absolute atomic E-state index is 0.259. The number of carbonyl (C=O) groups excluding carboxylic acids is 1. The van der Waals surface area contributed by atoms with Crippen molar-refractivity contribution in [2.75, 3.05) is 0 Å². The van der Waals surface area contributed by atoms with Crippen molar-refractivity contribution in [3.8, 4) is 0 Å². The molecule has 0 aromatic carbocycles. The number of carbonyl (C=O) groups is 2. The van der Waals surface area contributed by atoms with Gasteiger partial charge in [-0.25, -0.2) is 0 Å². The molecule has 1 atom stereocenters. The monoisotopic (exact) mass is 171 g/mol. The highest BCUT2D eigenvalue weighted by Crippen LogP contribution is 1.90. The molecule has 0 heterocycles. The van der Waals surface area contributed by atoms with E-state index in [1.165, 1.54) is 6.92 Å². The summed E-state index contributed by atoms with van der Waals surface area (Å²) in [5, 5.41) is 10.7. The predicted molar refractivity (Wildman–Crippen MR) is 44.7 cm³/mol. The Labute approximate surface area is 71.3 Å². The molecule has 4 heteroatoms. The van der Waals surface area contributed by atoms with Crippen LogP contribution in [0.15, 0.2) is 12.7 Å². The fourth-order valence-corrected chi connectivity index (χ4v) is 0.609. The van der Waals surface area contributed by atoms with Crippen molar-refractivity contribution in [2.45, 2.75) is 25.8 Å². The van der Waals surface area contributed by atoms with E-state index in [0.717, 1.165) is 0 Å². The van der Waals surface area contributed by atoms with Gasteiger partial charge in [0, 0.05) is 6.42 Å². The Morgan fingerprint density at radius 2 is 2.25 bits per heavy atom. The number of carboxylic acids is 1. The average Bonchev–Trinajstić information content (AvgIpc) is 2.00. The Balaban J connectivity index is 3.68. The third-order valence-electron chi connectivity index (χ3n) is 1.32. The second-order valence-electron chi connectivity index (χ2n) is 2.45. The lowest BCUT2D eigenvalue weighted by molar-refractivity contribution is -0.141. The minimum atomic E-state index is -1.03. The summed E-state index contributed by atoms with van der Waals surface area (Å²) in [7, 11) is 0. The van der Waals surface area contributed by atoms with Gasteiger partial charge in [0.1, 0.15) is 6.04 Å². The highest BCUT2D eigenvalue weighted by Gasteiger charge is 2.12. The van der Waals surface area contributed by atoms with Gasteiger partial charge in [-0.1, -0.05) is 6.08 Å². The number of hydrogen-bond donors (Lipinski definition) is 2. The summed E-state index contributed by atoms with van der Waals surface area (Å²) in [5.74, 6) is -1.29. The van der Waals surface area contributed by atoms with Crippen molar-refractivity contribution in [1.29, 1.82) is 0 Å². The van der Waals surface area contributed by atoms with Crippen LogP contribution >= 0.6 is 0 Å². The number of hydrogen-bond acceptors (Lipinski definition) is 2. The zero-order valence-electron chi connectivity index (χ0n) is 7.04. The van der Waals surface area contributed by atoms with E-state index in [1.807, 2.05) is 0 Å². The van der Waals surface area contributed by atoms with Crippen LogP contribution in [0.4, 0.5) is 0 Å². The van der Waals surface area contributed by atoms with E-state index in [4.69, 9.17) is 5.11 Å². The molecule has 0 aliphatic rings. The summed E-state index contributed by atoms with van der Waals surface area (Å²) in [6.07, 6.45) is 2.48. The highest BCUT2D eigenvalue weighted by molar-refractivity contribution is 5.83. The lowest BCUT2D eigenvalue weighted by Gasteiger charge is -2.07. The summed E-state index contributed by atoms with van der Waals surface area (Å²) in [5.41, 5.74) is 0. The summed E-state index contributed by atoms with van der Waals surface area (Å²) < 4.78 is 0. The topological polar surface area (TPSA) is 66.4 Å². The maximum Gasteiger partial charge on any atom is 0.325 e. The van der Waals surface area contributed by atoms with E-state index in [1.54, 1.807) is 6.08 Å². The van der Waals surface area contributed by atoms with Gasteiger partial charge in [-0.15, -0.1) is 6.58 Å². The largest absolute Gasteiger partial charge is 0.480 e. The van der Waals surface area contributed by atoms with Gasteiger partial charge in [-0.2, -0.15) is 0 Å². The third-order valence-corrected chi connectivity index (χ3v) is 1.32. The molecule has 68 valence electrons. The number of nitrogens with one attached hydrogen (secondary N) is 1. The van der Waals surface area contributed by atoms with Crippen LogP contribution in [0, 0.1) is 0 Å². The molecule has 1 unspecified atom stereocenters. The molecule has 0 spiro atoms. The van der Waals surface area contributed by atoms with E-state index < -0.39 is 12.0 Å². The second kappa shape index (κ2) is 5.35. The molecule has 0 radical (unpaired) electrons. The van der Waals surface area contributed by atoms with Crippen LogP contribution in [0.2, 0.25) is 0 Å². The first-order chi connectivity index (χ1) is 5.57. The predicted octanol–water partition coefficient (Wildman–Crippen LogP) is 0.542. The van der Waals surface area contributed by atoms with Crippen LogP contribution in [-0.4, -0.2) is 23.0 Å². The maximum atomic E-state index is 10.9. The van der Waals surface area contributed by atoms with Crippen molar-refractivity contribution in [3.05, 3.63) is 12.7 Å². The smallest absolute Gasteiger partial charge is 0.325 e. The molecule has 2 N–H and O–H groups in total. The standard InChI is InChI=1S/C8H13NO3/c1-3-4-5-7(10)9-6(2)8(11)12/h3,6H,1,4-5H2,2H3,(H,9,10)(H,11,12). The number of carboxylic acid groups (broad SMARTS) is 1. The van der Waals surface area contributed by atoms with Crippen molar-refractivity contribution < 1.29 is 14.7 Å². The van der Waals surface area contributed by atoms with E-state index in [-0.39, 0.29) is 5.91 Å². The molecule has 0 aliphatic carbocycles. The zero-order chi connectivity index (χ0) is 9.56. The average molecular weight is 171 g/mol. The molecule has 0 saturated heterocycles. The first-order valence-corrected chi connectivity index (χ1v) is 3.71. The van der Waals surface area contributed by atoms with Crippen molar-refractivity contribution in [3.63, 3.8) is 0 Å². The Hall–Kier alpha value is -1.32. The van der Waals surface area contributed by atoms with Gasteiger partial charge >= 0.3 is 5.97 Å². The van der Waals surface area contributed by atoms with E-state index >= 15 is 0 Å². The van der Waals surface area contributed by atoms with Crippen LogP contribution in [0.25, 0.3) is 0 Å². The zero-order valence-corrected chi connectivity index (χ0v) is 7.04. The van der Waals surface area contributed by atoms with Gasteiger partial charge in [0.2, 0.25) is 5.91 Å². The molecule has 0 fully saturated rings. The number of amides is 1. The van der Waals surface area contributed by atoms with Gasteiger partial charge in [0.15, 0.2) is 0 Å². The van der Waals surface area contributed by atoms with Crippen molar-refractivity contribution in [2.24, 2.45) is 0 Å². The molecule has 12 heavy (non-hydrogen) atoms. The van der Waals surface area contributed by atoms with Crippen LogP contribution in [0.5, 0.6) is 0 Å². The molecular weight excluding hydrogens is 158 g/mol. The summed E-state index contributed by atoms with van der Waals surface area (Å²) in [4.78, 5) is 21.2. The second-order valence-corrected chi connectivity index (χ2v) is 2.45. The van der Waals surface area contributed by atoms with Crippen LogP contribution in [0.3, 0.4) is 0 Å². The van der Waals surface area contributed by atoms with Gasteiger partial charge < -0.3 is 10.4 Å². The Bertz CT molecular complexity index is 189. The molecule has 1 amide bonds. The maximum absolute atomic E-state index is 10.9. The Kier molecular flexibility index (Phi) is 4.76. The van der Waals surface area contributed by atoms with Crippen LogP contribution in [-0.2, 0) is 9.59 Å². The third kappa shape index (κ3) is 4.49. The first kappa shape index (κ1) is 10.7. The molecule has 0 rings (SSSR count). The van der Waals surface area contributed by atoms with Crippen LogP contribution in [0.1, 0.15) is 19.8 Å². The summed E-state index contributed by atoms with van der Waals surface area (Å²) in [6, 6.07) is -0.817. The molecule has 0 aromatic heterocycles. The SMILES string of the molecule is C=CCCC(=O)NC(C)C(=O)O. The van der Waals surface area contributed by atoms with Gasteiger partial charge in [0.05, 0.1) is 0 Å². The lowest BCUT2D eigenvalue weighted by Crippen LogP contribution is -2.38. The van der Waals surface area contributed by atoms with Crippen molar-refractivity contribution >= 4 is 11.9 Å². The molecular formula is C8H13NO3. The van der Waals surface area contributed by atoms with Crippen molar-refractivity contribution in [1.82, 2.24) is 5.32 Å². The first-order valence-electron chi connectivity index (χ1n) is 3.71. The van der Waals surface area contributed by atoms with E-state index in [0.29, 0.717) is 12.8 Å². The fraction of sp³-hybridized carbons (Fsp3) is 0.500. The highest BCUT2D eigenvalue weighted by atomic mass is 16.4. The summed E-state index contributed by atoms with van der Waals surface area (Å²) in [6.45, 7) is 4.88. The molecule has 0 bridgehead atoms. The number of allylic oxidation sites excluding steroid dienone is 1. The molecule has 0 saturated carbocycles. The quantitative estimate of drug-likeness (QED) is 0.593. The Morgan fingerprint density at radius 1 is 1.67 bits per heavy atom. The molecule has 0 aromatic rings. The minimum Gasteiger partial charge on any atom is -0.480 e. The van der Waals surface area contributed by atoms with Crippen LogP contribution < -0.4 is 5.32 Å². The van der Waals surface area contributed by atoms with Gasteiger partial charge in [-0.3, -0.25) is 9.59 Å². The molecule has 0 aliphatic heterocycles. The van der Waals surface area contributed by atoms with Gasteiger partial charge in [0.25, 0.3) is 0 Å². The fourth-order valence-electron chi connectivity index (χ4n) is 0.609. The van der Waals surface area contributed by atoms with E-state index in [9.17, 15) is 9.59 Å². The Morgan fingerprint density at radius 3 is 2.67 bits per heavy atom. The van der Waals surface area contributed by atoms with Gasteiger partial charge in [-0.05, 0) is 13.3 Å². The molecule has 4 nitrogen and oxygen atoms in total. The summed E-state index contributed by atoms with van der Waals surface area (Å²) >= 11 is 0. The number of aliphatic carboxylic acids is 1.